The van der Waals surface area contributed by atoms with E-state index in [0.29, 0.717) is 26.0 Å². The zero-order chi connectivity index (χ0) is 24.2. The van der Waals surface area contributed by atoms with E-state index in [-0.39, 0.29) is 36.9 Å². The topological polar surface area (TPSA) is 84.5 Å². The minimum atomic E-state index is -1.14. The lowest BCUT2D eigenvalue weighted by Gasteiger charge is -2.43. The van der Waals surface area contributed by atoms with Gasteiger partial charge in [0.25, 0.3) is 5.91 Å². The molecule has 2 heterocycles. The molecule has 1 aromatic carbocycles. The van der Waals surface area contributed by atoms with E-state index in [9.17, 15) is 4.79 Å². The quantitative estimate of drug-likeness (QED) is 0.521. The van der Waals surface area contributed by atoms with E-state index in [0.717, 1.165) is 30.8 Å². The van der Waals surface area contributed by atoms with Gasteiger partial charge in [0.2, 0.25) is 0 Å². The Labute approximate surface area is 201 Å². The molecule has 1 saturated carbocycles. The molecule has 1 N–H and O–H groups in total. The molecule has 0 bridgehead atoms. The minimum absolute atomic E-state index is 0.0357. The van der Waals surface area contributed by atoms with Gasteiger partial charge in [0.1, 0.15) is 11.9 Å². The first-order valence-corrected chi connectivity index (χ1v) is 12.1. The number of amides is 1. The molecule has 8 heteroatoms. The molecule has 4 rings (SSSR count). The maximum Gasteiger partial charge on any atom is 0.252 e. The Bertz CT molecular complexity index is 853. The van der Waals surface area contributed by atoms with Crippen molar-refractivity contribution in [3.63, 3.8) is 0 Å². The second-order valence-electron chi connectivity index (χ2n) is 9.69. The lowest BCUT2D eigenvalue weighted by Crippen LogP contribution is -2.60. The van der Waals surface area contributed by atoms with Gasteiger partial charge >= 0.3 is 0 Å². The van der Waals surface area contributed by atoms with Crippen LogP contribution in [0.4, 0.5) is 0 Å². The monoisotopic (exact) mass is 475 g/mol. The van der Waals surface area contributed by atoms with Crippen LogP contribution in [0.2, 0.25) is 0 Å². The van der Waals surface area contributed by atoms with Gasteiger partial charge < -0.3 is 33.7 Å². The molecule has 0 spiro atoms. The average molecular weight is 476 g/mol. The molecule has 34 heavy (non-hydrogen) atoms. The van der Waals surface area contributed by atoms with Gasteiger partial charge in [-0.3, -0.25) is 4.79 Å². The summed E-state index contributed by atoms with van der Waals surface area (Å²) >= 11 is 0. The summed E-state index contributed by atoms with van der Waals surface area (Å²) < 4.78 is 36.0. The zero-order valence-electron chi connectivity index (χ0n) is 20.4. The number of nitrogens with one attached hydrogen (secondary N) is 1. The summed E-state index contributed by atoms with van der Waals surface area (Å²) in [6.45, 7) is 9.32. The fraction of sp³-hybridized carbons (Fsp3) is 0.654. The zero-order valence-corrected chi connectivity index (χ0v) is 20.4. The highest BCUT2D eigenvalue weighted by molar-refractivity contribution is 5.85. The van der Waals surface area contributed by atoms with Crippen molar-refractivity contribution in [2.24, 2.45) is 0 Å². The second-order valence-corrected chi connectivity index (χ2v) is 9.69. The van der Waals surface area contributed by atoms with Crippen LogP contribution in [0.3, 0.4) is 0 Å². The number of ether oxygens (including phenoxy) is 6. The van der Waals surface area contributed by atoms with Crippen molar-refractivity contribution in [1.82, 2.24) is 5.32 Å². The van der Waals surface area contributed by atoms with Crippen molar-refractivity contribution < 1.29 is 33.2 Å². The highest BCUT2D eigenvalue weighted by Crippen LogP contribution is 2.44. The van der Waals surface area contributed by atoms with Gasteiger partial charge in [-0.15, -0.1) is 6.58 Å². The summed E-state index contributed by atoms with van der Waals surface area (Å²) in [7, 11) is 1.63. The number of fused-ring (bicyclic) bond motifs is 1. The van der Waals surface area contributed by atoms with Gasteiger partial charge in [0, 0.05) is 26.0 Å². The van der Waals surface area contributed by atoms with Gasteiger partial charge in [-0.1, -0.05) is 18.2 Å². The van der Waals surface area contributed by atoms with Gasteiger partial charge in [0.05, 0.1) is 38.6 Å². The Kier molecular flexibility index (Phi) is 7.94. The maximum absolute atomic E-state index is 13.7. The van der Waals surface area contributed by atoms with E-state index < -0.39 is 11.4 Å². The van der Waals surface area contributed by atoms with E-state index in [2.05, 4.69) is 11.9 Å². The van der Waals surface area contributed by atoms with Crippen molar-refractivity contribution >= 4 is 5.91 Å². The Morgan fingerprint density at radius 2 is 2.15 bits per heavy atom. The molecule has 2 aliphatic heterocycles. The van der Waals surface area contributed by atoms with Crippen molar-refractivity contribution in [1.29, 1.82) is 0 Å². The van der Waals surface area contributed by atoms with Crippen LogP contribution in [0, 0.1) is 0 Å². The largest absolute Gasteiger partial charge is 0.497 e. The molecule has 0 aromatic heterocycles. The number of hydrogen-bond donors (Lipinski definition) is 1. The van der Waals surface area contributed by atoms with E-state index >= 15 is 0 Å². The SMILES string of the molecule is C=CCOC1C[C@](OCc2cccc(OC)c2)(C(=O)NCC2CCCO2)C[C@H]2OC(C)(C)O[C@@H]12. The van der Waals surface area contributed by atoms with Crippen LogP contribution in [-0.2, 0) is 35.1 Å². The van der Waals surface area contributed by atoms with E-state index in [1.165, 1.54) is 0 Å². The molecule has 188 valence electrons. The van der Waals surface area contributed by atoms with E-state index in [4.69, 9.17) is 28.4 Å². The van der Waals surface area contributed by atoms with Gasteiger partial charge in [-0.25, -0.2) is 0 Å². The lowest BCUT2D eigenvalue weighted by atomic mass is 9.78. The van der Waals surface area contributed by atoms with Crippen molar-refractivity contribution in [2.45, 2.75) is 81.9 Å². The Morgan fingerprint density at radius 1 is 1.29 bits per heavy atom. The Morgan fingerprint density at radius 3 is 2.88 bits per heavy atom. The van der Waals surface area contributed by atoms with Crippen molar-refractivity contribution in [3.8, 4) is 5.75 Å². The molecule has 3 aliphatic rings. The number of benzene rings is 1. The molecule has 0 radical (unpaired) electrons. The van der Waals surface area contributed by atoms with E-state index in [1.54, 1.807) is 13.2 Å². The summed E-state index contributed by atoms with van der Waals surface area (Å²) in [5, 5.41) is 3.09. The number of carbonyl (C=O) groups excluding carboxylic acids is 1. The number of methoxy groups -OCH3 is 1. The predicted molar refractivity (Wildman–Crippen MR) is 125 cm³/mol. The van der Waals surface area contributed by atoms with Gasteiger partial charge in [-0.05, 0) is 44.4 Å². The molecular weight excluding hydrogens is 438 g/mol. The fourth-order valence-corrected chi connectivity index (χ4v) is 5.06. The molecule has 2 unspecified atom stereocenters. The molecule has 1 amide bonds. The summed E-state index contributed by atoms with van der Waals surface area (Å²) in [5.74, 6) is -0.199. The Balaban J connectivity index is 1.57. The first-order valence-electron chi connectivity index (χ1n) is 12.1. The molecule has 5 atom stereocenters. The molecule has 1 aliphatic carbocycles. The number of carbonyl (C=O) groups is 1. The first-order chi connectivity index (χ1) is 16.3. The van der Waals surface area contributed by atoms with Crippen LogP contribution < -0.4 is 10.1 Å². The van der Waals surface area contributed by atoms with Crippen molar-refractivity contribution in [2.75, 3.05) is 26.9 Å². The minimum Gasteiger partial charge on any atom is -0.497 e. The molecule has 3 fully saturated rings. The van der Waals surface area contributed by atoms with Crippen LogP contribution in [0.15, 0.2) is 36.9 Å². The summed E-state index contributed by atoms with van der Waals surface area (Å²) in [6.07, 6.45) is 3.41. The van der Waals surface area contributed by atoms with Crippen LogP contribution in [0.5, 0.6) is 5.75 Å². The third-order valence-electron chi connectivity index (χ3n) is 6.66. The Hall–Kier alpha value is -1.97. The lowest BCUT2D eigenvalue weighted by molar-refractivity contribution is -0.180. The van der Waals surface area contributed by atoms with Crippen LogP contribution >= 0.6 is 0 Å². The first kappa shape index (κ1) is 25.1. The average Bonchev–Trinajstić information content (AvgIpc) is 3.46. The second kappa shape index (κ2) is 10.7. The van der Waals surface area contributed by atoms with Crippen LogP contribution in [-0.4, -0.2) is 68.6 Å². The third kappa shape index (κ3) is 5.80. The maximum atomic E-state index is 13.7. The van der Waals surface area contributed by atoms with Crippen molar-refractivity contribution in [3.05, 3.63) is 42.5 Å². The predicted octanol–water partition coefficient (Wildman–Crippen LogP) is 3.13. The normalized spacial score (nSPS) is 32.2. The van der Waals surface area contributed by atoms with Crippen LogP contribution in [0.1, 0.15) is 45.1 Å². The molecular formula is C26H37NO7. The van der Waals surface area contributed by atoms with Gasteiger partial charge in [0.15, 0.2) is 11.4 Å². The molecule has 2 saturated heterocycles. The molecule has 8 nitrogen and oxygen atoms in total. The third-order valence-corrected chi connectivity index (χ3v) is 6.66. The van der Waals surface area contributed by atoms with Crippen LogP contribution in [0.25, 0.3) is 0 Å². The smallest absolute Gasteiger partial charge is 0.252 e. The number of hydrogen-bond acceptors (Lipinski definition) is 7. The fourth-order valence-electron chi connectivity index (χ4n) is 5.06. The highest BCUT2D eigenvalue weighted by atomic mass is 16.8. The highest BCUT2D eigenvalue weighted by Gasteiger charge is 2.58. The number of rotatable bonds is 10. The summed E-state index contributed by atoms with van der Waals surface area (Å²) in [4.78, 5) is 13.7. The van der Waals surface area contributed by atoms with E-state index in [1.807, 2.05) is 38.1 Å². The summed E-state index contributed by atoms with van der Waals surface area (Å²) in [6, 6.07) is 7.65. The summed E-state index contributed by atoms with van der Waals surface area (Å²) in [5.41, 5.74) is -0.224. The standard InChI is InChI=1S/C26H37NO7/c1-5-11-31-21-14-26(15-22-23(21)34-25(2,3)33-22,24(28)27-16-20-10-7-12-30-20)32-17-18-8-6-9-19(13-18)29-4/h5-6,8-9,13,20-23H,1,7,10-12,14-17H2,2-4H3,(H,27,28)/t20?,21?,22-,23+,26-/m1/s1. The van der Waals surface area contributed by atoms with Gasteiger partial charge in [-0.2, -0.15) is 0 Å². The molecule has 1 aromatic rings.